The highest BCUT2D eigenvalue weighted by Crippen LogP contribution is 2.48. The molecule has 1 heterocycles. The number of carbonyl (C=O) groups excluding carboxylic acids is 4. The lowest BCUT2D eigenvalue weighted by Crippen LogP contribution is -2.38. The zero-order chi connectivity index (χ0) is 40.9. The summed E-state index contributed by atoms with van der Waals surface area (Å²) in [4.78, 5) is 50.7. The number of nitrogens with zero attached hydrogens (tertiary/aromatic N) is 4. The summed E-state index contributed by atoms with van der Waals surface area (Å²) in [5.74, 6) is -0.215. The SMILES string of the molecule is Cc1cc(NCC2CCC(CN(c3ccc(C4(C#N)CC4)cc3)c3cc(-c4c(C)noc4C)ccc3C)CC2)c(F)cc1C(=O)N(C=O)C(C)CCC(=O)NC=O. The van der Waals surface area contributed by atoms with E-state index in [0.717, 1.165) is 101 Å². The lowest BCUT2D eigenvalue weighted by Gasteiger charge is -2.35. The number of anilines is 3. The third-order valence-electron chi connectivity index (χ3n) is 11.9. The van der Waals surface area contributed by atoms with Gasteiger partial charge in [0.1, 0.15) is 11.6 Å². The lowest BCUT2D eigenvalue weighted by atomic mass is 9.81. The average molecular weight is 775 g/mol. The van der Waals surface area contributed by atoms with Crippen molar-refractivity contribution in [3.63, 3.8) is 0 Å². The number of carbonyl (C=O) groups is 4. The first-order chi connectivity index (χ1) is 27.4. The first-order valence-corrected chi connectivity index (χ1v) is 19.8. The number of nitrogens with one attached hydrogen (secondary N) is 2. The predicted octanol–water partition coefficient (Wildman–Crippen LogP) is 8.37. The lowest BCUT2D eigenvalue weighted by molar-refractivity contribution is -0.126. The molecule has 2 aliphatic carbocycles. The van der Waals surface area contributed by atoms with Crippen LogP contribution in [-0.2, 0) is 19.8 Å². The molecule has 0 saturated heterocycles. The molecular weight excluding hydrogens is 724 g/mol. The second-order valence-corrected chi connectivity index (χ2v) is 15.9. The molecule has 2 N–H and O–H groups in total. The molecule has 0 aliphatic heterocycles. The van der Waals surface area contributed by atoms with Gasteiger partial charge in [-0.1, -0.05) is 29.4 Å². The van der Waals surface area contributed by atoms with E-state index < -0.39 is 23.7 Å². The summed E-state index contributed by atoms with van der Waals surface area (Å²) in [5.41, 5.74) is 7.87. The van der Waals surface area contributed by atoms with E-state index in [4.69, 9.17) is 4.52 Å². The van der Waals surface area contributed by atoms with E-state index in [0.29, 0.717) is 36.0 Å². The van der Waals surface area contributed by atoms with Crippen LogP contribution in [0, 0.1) is 56.7 Å². The van der Waals surface area contributed by atoms with E-state index in [1.807, 2.05) is 19.2 Å². The van der Waals surface area contributed by atoms with E-state index in [-0.39, 0.29) is 30.2 Å². The fourth-order valence-corrected chi connectivity index (χ4v) is 8.13. The van der Waals surface area contributed by atoms with Crippen LogP contribution in [-0.4, -0.2) is 53.8 Å². The molecule has 12 heteroatoms. The van der Waals surface area contributed by atoms with Gasteiger partial charge in [-0.3, -0.25) is 29.4 Å². The molecule has 2 aliphatic rings. The molecule has 4 amide bonds. The highest BCUT2D eigenvalue weighted by Gasteiger charge is 2.44. The Balaban J connectivity index is 1.11. The van der Waals surface area contributed by atoms with Gasteiger partial charge in [0.15, 0.2) is 0 Å². The molecule has 2 saturated carbocycles. The fraction of sp³-hybridized carbons (Fsp3) is 0.422. The van der Waals surface area contributed by atoms with E-state index in [9.17, 15) is 24.4 Å². The molecule has 2 fully saturated rings. The van der Waals surface area contributed by atoms with Gasteiger partial charge in [0.2, 0.25) is 18.7 Å². The van der Waals surface area contributed by atoms with Crippen molar-refractivity contribution in [3.8, 4) is 17.2 Å². The van der Waals surface area contributed by atoms with Crippen LogP contribution in [0.4, 0.5) is 21.5 Å². The molecule has 4 aromatic rings. The largest absolute Gasteiger partial charge is 0.382 e. The van der Waals surface area contributed by atoms with Crippen LogP contribution in [0.2, 0.25) is 0 Å². The summed E-state index contributed by atoms with van der Waals surface area (Å²) in [6, 6.07) is 19.7. The van der Waals surface area contributed by atoms with E-state index >= 15 is 4.39 Å². The summed E-state index contributed by atoms with van der Waals surface area (Å²) >= 11 is 0. The van der Waals surface area contributed by atoms with Crippen molar-refractivity contribution >= 4 is 41.7 Å². The van der Waals surface area contributed by atoms with Crippen molar-refractivity contribution in [2.24, 2.45) is 11.8 Å². The maximum Gasteiger partial charge on any atom is 0.260 e. The van der Waals surface area contributed by atoms with E-state index in [1.54, 1.807) is 19.9 Å². The minimum atomic E-state index is -0.654. The Labute approximate surface area is 333 Å². The monoisotopic (exact) mass is 774 g/mol. The zero-order valence-electron chi connectivity index (χ0n) is 33.4. The van der Waals surface area contributed by atoms with Crippen LogP contribution < -0.4 is 15.5 Å². The van der Waals surface area contributed by atoms with Gasteiger partial charge in [0.25, 0.3) is 5.91 Å². The van der Waals surface area contributed by atoms with E-state index in [1.165, 1.54) is 0 Å². The quantitative estimate of drug-likeness (QED) is 0.107. The van der Waals surface area contributed by atoms with Crippen molar-refractivity contribution in [3.05, 3.63) is 94.1 Å². The van der Waals surface area contributed by atoms with Crippen LogP contribution in [0.15, 0.2) is 59.1 Å². The molecule has 0 bridgehead atoms. The Kier molecular flexibility index (Phi) is 12.6. The van der Waals surface area contributed by atoms with Gasteiger partial charge >= 0.3 is 0 Å². The first kappa shape index (κ1) is 40.8. The zero-order valence-corrected chi connectivity index (χ0v) is 33.4. The number of nitriles is 1. The maximum absolute atomic E-state index is 15.5. The third-order valence-corrected chi connectivity index (χ3v) is 11.9. The minimum absolute atomic E-state index is 0.0513. The number of benzene rings is 3. The number of hydrogen-bond acceptors (Lipinski definition) is 9. The van der Waals surface area contributed by atoms with Gasteiger partial charge in [-0.2, -0.15) is 5.26 Å². The molecule has 57 heavy (non-hydrogen) atoms. The highest BCUT2D eigenvalue weighted by atomic mass is 19.1. The Bertz CT molecular complexity index is 2140. The van der Waals surface area contributed by atoms with Crippen molar-refractivity contribution in [1.29, 1.82) is 5.26 Å². The number of aromatic nitrogens is 1. The molecular formula is C45H51FN6O5. The summed E-state index contributed by atoms with van der Waals surface area (Å²) in [6.45, 7) is 10.8. The topological polar surface area (TPSA) is 149 Å². The van der Waals surface area contributed by atoms with Crippen molar-refractivity contribution in [1.82, 2.24) is 15.4 Å². The van der Waals surface area contributed by atoms with Crippen molar-refractivity contribution in [2.75, 3.05) is 23.3 Å². The molecule has 1 unspecified atom stereocenters. The number of imide groups is 2. The van der Waals surface area contributed by atoms with Gasteiger partial charge in [-0.05, 0) is 144 Å². The normalized spacial score (nSPS) is 17.5. The average Bonchev–Trinajstić information content (AvgIpc) is 3.94. The van der Waals surface area contributed by atoms with Crippen LogP contribution in [0.3, 0.4) is 0 Å². The summed E-state index contributed by atoms with van der Waals surface area (Å²) in [5, 5.41) is 19.3. The molecule has 298 valence electrons. The Morgan fingerprint density at radius 1 is 1.00 bits per heavy atom. The second kappa shape index (κ2) is 17.5. The summed E-state index contributed by atoms with van der Waals surface area (Å²) < 4.78 is 21.0. The highest BCUT2D eigenvalue weighted by molar-refractivity contribution is 6.01. The minimum Gasteiger partial charge on any atom is -0.382 e. The molecule has 1 atom stereocenters. The maximum atomic E-state index is 15.5. The third kappa shape index (κ3) is 9.09. The number of aryl methyl sites for hydroxylation is 4. The Hall–Kier alpha value is -5.83. The second-order valence-electron chi connectivity index (χ2n) is 15.9. The van der Waals surface area contributed by atoms with Crippen LogP contribution in [0.1, 0.15) is 96.8 Å². The number of amides is 4. The first-order valence-electron chi connectivity index (χ1n) is 19.8. The van der Waals surface area contributed by atoms with Crippen LogP contribution >= 0.6 is 0 Å². The number of rotatable bonds is 16. The Morgan fingerprint density at radius 3 is 2.32 bits per heavy atom. The van der Waals surface area contributed by atoms with Crippen LogP contribution in [0.5, 0.6) is 0 Å². The Morgan fingerprint density at radius 2 is 1.70 bits per heavy atom. The van der Waals surface area contributed by atoms with Gasteiger partial charge in [0, 0.05) is 48.1 Å². The molecule has 3 aromatic carbocycles. The van der Waals surface area contributed by atoms with Gasteiger partial charge in [-0.15, -0.1) is 0 Å². The van der Waals surface area contributed by atoms with Crippen LogP contribution in [0.25, 0.3) is 11.1 Å². The number of halogens is 1. The van der Waals surface area contributed by atoms with Crippen molar-refractivity contribution < 1.29 is 28.1 Å². The van der Waals surface area contributed by atoms with E-state index in [2.05, 4.69) is 70.8 Å². The van der Waals surface area contributed by atoms with Crippen molar-refractivity contribution in [2.45, 2.75) is 97.4 Å². The molecule has 1 aromatic heterocycles. The molecule has 0 spiro atoms. The predicted molar refractivity (Wildman–Crippen MR) is 216 cm³/mol. The summed E-state index contributed by atoms with van der Waals surface area (Å²) in [7, 11) is 0. The van der Waals surface area contributed by atoms with Gasteiger partial charge in [-0.25, -0.2) is 4.39 Å². The fourth-order valence-electron chi connectivity index (χ4n) is 8.13. The molecule has 6 rings (SSSR count). The molecule has 11 nitrogen and oxygen atoms in total. The smallest absolute Gasteiger partial charge is 0.260 e. The standard InChI is InChI=1S/C45H51FN6O5/c1-28-6-12-35(43-31(4)50-57-32(43)5)21-41(28)51(37-15-13-36(14-16-37)45(25-47)18-19-45)24-34-10-8-33(9-11-34)23-48-40-20-29(2)38(22-39(40)46)44(56)52(27-54)30(3)7-17-42(55)49-26-53/h6,12-16,20-22,26-27,30,33-34,48H,7-11,17-19,23-24H2,1-5H3,(H,49,53,55). The van der Waals surface area contributed by atoms with Gasteiger partial charge in [0.05, 0.1) is 22.9 Å². The van der Waals surface area contributed by atoms with Gasteiger partial charge < -0.3 is 14.7 Å². The molecule has 0 radical (unpaired) electrons. The number of hydrogen-bond donors (Lipinski definition) is 2. The summed E-state index contributed by atoms with van der Waals surface area (Å²) in [6.07, 6.45) is 6.53.